The standard InChI is InChI=1S/C5H5N5/c6-5-4-3(1-2-7-4)8-10-9-5/h1-2,7H,(H2,6,8,9). The number of rotatable bonds is 0. The number of fused-ring (bicyclic) bond motifs is 1. The van der Waals surface area contributed by atoms with Crippen LogP contribution in [-0.4, -0.2) is 20.4 Å². The van der Waals surface area contributed by atoms with Gasteiger partial charge in [0, 0.05) is 6.20 Å². The lowest BCUT2D eigenvalue weighted by atomic mass is 10.4. The first-order chi connectivity index (χ1) is 4.88. The second-order valence-electron chi connectivity index (χ2n) is 1.91. The summed E-state index contributed by atoms with van der Waals surface area (Å²) in [6, 6.07) is 1.79. The molecule has 5 nitrogen and oxygen atoms in total. The highest BCUT2D eigenvalue weighted by Crippen LogP contribution is 2.10. The van der Waals surface area contributed by atoms with Crippen LogP contribution in [0, 0.1) is 0 Å². The van der Waals surface area contributed by atoms with Crippen molar-refractivity contribution in [2.24, 2.45) is 0 Å². The molecule has 2 aromatic rings. The quantitative estimate of drug-likeness (QED) is 0.530. The first-order valence-corrected chi connectivity index (χ1v) is 2.80. The summed E-state index contributed by atoms with van der Waals surface area (Å²) < 4.78 is 0. The maximum Gasteiger partial charge on any atom is 0.173 e. The van der Waals surface area contributed by atoms with Crippen molar-refractivity contribution in [1.29, 1.82) is 0 Å². The number of anilines is 1. The molecule has 0 bridgehead atoms. The predicted molar refractivity (Wildman–Crippen MR) is 36.1 cm³/mol. The second-order valence-corrected chi connectivity index (χ2v) is 1.91. The molecule has 0 fully saturated rings. The summed E-state index contributed by atoms with van der Waals surface area (Å²) in [4.78, 5) is 2.90. The molecule has 0 amide bonds. The molecule has 0 unspecified atom stereocenters. The van der Waals surface area contributed by atoms with Gasteiger partial charge in [-0.2, -0.15) is 0 Å². The van der Waals surface area contributed by atoms with Crippen LogP contribution in [0.3, 0.4) is 0 Å². The predicted octanol–water partition coefficient (Wildman–Crippen LogP) is -0.0649. The van der Waals surface area contributed by atoms with Gasteiger partial charge in [0.1, 0.15) is 11.0 Å². The number of hydrogen-bond donors (Lipinski definition) is 2. The van der Waals surface area contributed by atoms with E-state index in [9.17, 15) is 0 Å². The van der Waals surface area contributed by atoms with E-state index in [1.54, 1.807) is 12.3 Å². The van der Waals surface area contributed by atoms with Crippen LogP contribution in [0.4, 0.5) is 5.82 Å². The van der Waals surface area contributed by atoms with Gasteiger partial charge in [0.2, 0.25) is 0 Å². The van der Waals surface area contributed by atoms with E-state index in [0.29, 0.717) is 5.82 Å². The Labute approximate surface area is 56.3 Å². The Balaban J connectivity index is 2.95. The minimum absolute atomic E-state index is 0.384. The van der Waals surface area contributed by atoms with Crippen molar-refractivity contribution >= 4 is 16.9 Å². The zero-order chi connectivity index (χ0) is 6.97. The van der Waals surface area contributed by atoms with E-state index in [0.717, 1.165) is 11.0 Å². The summed E-state index contributed by atoms with van der Waals surface area (Å²) >= 11 is 0. The molecule has 0 atom stereocenters. The lowest BCUT2D eigenvalue weighted by Gasteiger charge is -1.88. The number of H-pyrrole nitrogens is 1. The van der Waals surface area contributed by atoms with Gasteiger partial charge >= 0.3 is 0 Å². The number of nitrogens with zero attached hydrogens (tertiary/aromatic N) is 3. The van der Waals surface area contributed by atoms with Crippen LogP contribution in [0.2, 0.25) is 0 Å². The molecule has 0 spiro atoms. The van der Waals surface area contributed by atoms with Gasteiger partial charge < -0.3 is 10.7 Å². The maximum absolute atomic E-state index is 5.46. The van der Waals surface area contributed by atoms with Crippen LogP contribution >= 0.6 is 0 Å². The third-order valence-electron chi connectivity index (χ3n) is 1.29. The Morgan fingerprint density at radius 2 is 2.30 bits per heavy atom. The highest BCUT2D eigenvalue weighted by molar-refractivity contribution is 5.83. The fourth-order valence-electron chi connectivity index (χ4n) is 0.818. The van der Waals surface area contributed by atoms with Gasteiger partial charge in [0.05, 0.1) is 0 Å². The molecule has 5 heteroatoms. The van der Waals surface area contributed by atoms with Gasteiger partial charge in [-0.1, -0.05) is 0 Å². The molecule has 10 heavy (non-hydrogen) atoms. The minimum atomic E-state index is 0.384. The molecular weight excluding hydrogens is 130 g/mol. The fraction of sp³-hybridized carbons (Fsp3) is 0. The van der Waals surface area contributed by atoms with E-state index in [1.807, 2.05) is 0 Å². The summed E-state index contributed by atoms with van der Waals surface area (Å²) in [6.45, 7) is 0. The fourth-order valence-corrected chi connectivity index (χ4v) is 0.818. The molecule has 0 radical (unpaired) electrons. The number of nitrogen functional groups attached to an aromatic ring is 1. The van der Waals surface area contributed by atoms with Crippen molar-refractivity contribution in [2.45, 2.75) is 0 Å². The maximum atomic E-state index is 5.46. The van der Waals surface area contributed by atoms with E-state index in [4.69, 9.17) is 5.73 Å². The number of aromatic amines is 1. The van der Waals surface area contributed by atoms with E-state index in [1.165, 1.54) is 0 Å². The molecule has 0 saturated heterocycles. The average molecular weight is 135 g/mol. The highest BCUT2D eigenvalue weighted by atomic mass is 15.3. The first-order valence-electron chi connectivity index (χ1n) is 2.80. The summed E-state index contributed by atoms with van der Waals surface area (Å²) in [6.07, 6.45) is 1.75. The van der Waals surface area contributed by atoms with Crippen LogP contribution in [0.15, 0.2) is 12.3 Å². The summed E-state index contributed by atoms with van der Waals surface area (Å²) in [7, 11) is 0. The van der Waals surface area contributed by atoms with Crippen molar-refractivity contribution in [1.82, 2.24) is 20.4 Å². The van der Waals surface area contributed by atoms with Gasteiger partial charge in [-0.15, -0.1) is 10.2 Å². The van der Waals surface area contributed by atoms with Crippen LogP contribution in [0.5, 0.6) is 0 Å². The third kappa shape index (κ3) is 0.540. The van der Waals surface area contributed by atoms with Gasteiger partial charge in [0.15, 0.2) is 5.82 Å². The zero-order valence-electron chi connectivity index (χ0n) is 5.07. The van der Waals surface area contributed by atoms with Gasteiger partial charge in [-0.05, 0) is 11.3 Å². The lowest BCUT2D eigenvalue weighted by Crippen LogP contribution is -1.95. The summed E-state index contributed by atoms with van der Waals surface area (Å²) in [5, 5.41) is 10.7. The Bertz CT molecular complexity index is 352. The monoisotopic (exact) mass is 135 g/mol. The Kier molecular flexibility index (Phi) is 0.858. The molecule has 0 aliphatic heterocycles. The van der Waals surface area contributed by atoms with E-state index >= 15 is 0 Å². The SMILES string of the molecule is Nc1nnnc2cc[nH]c12. The zero-order valence-corrected chi connectivity index (χ0v) is 5.07. The molecule has 2 rings (SSSR count). The lowest BCUT2D eigenvalue weighted by molar-refractivity contribution is 0.902. The molecule has 50 valence electrons. The molecule has 0 aliphatic carbocycles. The van der Waals surface area contributed by atoms with Crippen molar-refractivity contribution in [3.8, 4) is 0 Å². The Morgan fingerprint density at radius 3 is 3.10 bits per heavy atom. The highest BCUT2D eigenvalue weighted by Gasteiger charge is 1.99. The normalized spacial score (nSPS) is 10.4. The van der Waals surface area contributed by atoms with Crippen molar-refractivity contribution in [3.63, 3.8) is 0 Å². The topological polar surface area (TPSA) is 80.5 Å². The van der Waals surface area contributed by atoms with Gasteiger partial charge in [0.25, 0.3) is 0 Å². The van der Waals surface area contributed by atoms with Gasteiger partial charge in [-0.3, -0.25) is 0 Å². The molecule has 2 aromatic heterocycles. The summed E-state index contributed by atoms with van der Waals surface area (Å²) in [5.41, 5.74) is 6.94. The smallest absolute Gasteiger partial charge is 0.173 e. The molecule has 2 heterocycles. The largest absolute Gasteiger partial charge is 0.380 e. The Morgan fingerprint density at radius 1 is 1.40 bits per heavy atom. The molecule has 0 aromatic carbocycles. The second kappa shape index (κ2) is 1.66. The first kappa shape index (κ1) is 5.16. The van der Waals surface area contributed by atoms with Crippen LogP contribution in [0.25, 0.3) is 11.0 Å². The molecule has 0 aliphatic rings. The van der Waals surface area contributed by atoms with E-state index in [2.05, 4.69) is 20.4 Å². The van der Waals surface area contributed by atoms with Gasteiger partial charge in [-0.25, -0.2) is 0 Å². The van der Waals surface area contributed by atoms with Crippen molar-refractivity contribution < 1.29 is 0 Å². The van der Waals surface area contributed by atoms with Crippen LogP contribution in [0.1, 0.15) is 0 Å². The molecular formula is C5H5N5. The van der Waals surface area contributed by atoms with Crippen LogP contribution in [-0.2, 0) is 0 Å². The van der Waals surface area contributed by atoms with E-state index in [-0.39, 0.29) is 0 Å². The molecule has 0 saturated carbocycles. The van der Waals surface area contributed by atoms with E-state index < -0.39 is 0 Å². The average Bonchev–Trinajstić information content (AvgIpc) is 2.36. The number of nitrogens with two attached hydrogens (primary N) is 1. The number of nitrogens with one attached hydrogen (secondary N) is 1. The minimum Gasteiger partial charge on any atom is -0.380 e. The van der Waals surface area contributed by atoms with Crippen molar-refractivity contribution in [2.75, 3.05) is 5.73 Å². The van der Waals surface area contributed by atoms with Crippen LogP contribution < -0.4 is 5.73 Å². The number of aromatic nitrogens is 4. The number of hydrogen-bond acceptors (Lipinski definition) is 4. The van der Waals surface area contributed by atoms with Crippen molar-refractivity contribution in [3.05, 3.63) is 12.3 Å². The summed E-state index contributed by atoms with van der Waals surface area (Å²) in [5.74, 6) is 0.384. The Hall–Kier alpha value is -1.65. The third-order valence-corrected chi connectivity index (χ3v) is 1.29. The molecule has 3 N–H and O–H groups in total.